The van der Waals surface area contributed by atoms with E-state index >= 15 is 0 Å². The molecule has 2 fully saturated rings. The van der Waals surface area contributed by atoms with Gasteiger partial charge in [-0.25, -0.2) is 0 Å². The van der Waals surface area contributed by atoms with E-state index in [0.29, 0.717) is 6.04 Å². The normalized spacial score (nSPS) is 28.9. The van der Waals surface area contributed by atoms with E-state index in [1.807, 2.05) is 0 Å². The van der Waals surface area contributed by atoms with Crippen LogP contribution in [0, 0.1) is 0 Å². The van der Waals surface area contributed by atoms with Gasteiger partial charge in [-0.3, -0.25) is 10.9 Å². The van der Waals surface area contributed by atoms with E-state index < -0.39 is 0 Å². The van der Waals surface area contributed by atoms with Crippen LogP contribution in [0.4, 0.5) is 0 Å². The molecule has 4 heteroatoms. The predicted octanol–water partition coefficient (Wildman–Crippen LogP) is 0.659. The molecule has 0 aromatic heterocycles. The molecule has 2 rings (SSSR count). The Morgan fingerprint density at radius 1 is 1.06 bits per heavy atom. The van der Waals surface area contributed by atoms with E-state index in [-0.39, 0.29) is 0 Å². The number of nitrogens with zero attached hydrogens (tertiary/aromatic N) is 2. The molecule has 2 saturated heterocycles. The summed E-state index contributed by atoms with van der Waals surface area (Å²) < 4.78 is 0. The summed E-state index contributed by atoms with van der Waals surface area (Å²) in [5.41, 5.74) is 6.91. The molecule has 100 valence electrons. The van der Waals surface area contributed by atoms with Gasteiger partial charge in [0.2, 0.25) is 0 Å². The zero-order valence-corrected chi connectivity index (χ0v) is 11.4. The fourth-order valence-corrected chi connectivity index (χ4v) is 2.95. The molecule has 0 saturated carbocycles. The van der Waals surface area contributed by atoms with Crippen molar-refractivity contribution in [3.63, 3.8) is 0 Å². The van der Waals surface area contributed by atoms with Crippen LogP contribution in [0.25, 0.3) is 0 Å². The zero-order chi connectivity index (χ0) is 12.1. The Labute approximate surface area is 106 Å². The lowest BCUT2D eigenvalue weighted by Crippen LogP contribution is -2.47. The molecular weight excluding hydrogens is 212 g/mol. The van der Waals surface area contributed by atoms with Gasteiger partial charge >= 0.3 is 0 Å². The number of nitrogens with one attached hydrogen (secondary N) is 2. The smallest absolute Gasteiger partial charge is 0.0237 e. The highest BCUT2D eigenvalue weighted by Gasteiger charge is 2.20. The predicted molar refractivity (Wildman–Crippen MR) is 71.9 cm³/mol. The molecule has 2 N–H and O–H groups in total. The first-order chi connectivity index (χ1) is 8.25. The molecule has 0 aromatic carbocycles. The van der Waals surface area contributed by atoms with Crippen LogP contribution in [-0.4, -0.2) is 62.2 Å². The van der Waals surface area contributed by atoms with Crippen LogP contribution in [0.15, 0.2) is 0 Å². The molecule has 0 aromatic rings. The van der Waals surface area contributed by atoms with Crippen molar-refractivity contribution < 1.29 is 0 Å². The highest BCUT2D eigenvalue weighted by molar-refractivity contribution is 4.77. The summed E-state index contributed by atoms with van der Waals surface area (Å²) in [6.45, 7) is 4.84. The third-order valence-electron chi connectivity index (χ3n) is 4.30. The first-order valence-electron chi connectivity index (χ1n) is 7.13. The van der Waals surface area contributed by atoms with Crippen LogP contribution >= 0.6 is 0 Å². The molecule has 1 unspecified atom stereocenters. The molecule has 4 nitrogen and oxygen atoms in total. The second kappa shape index (κ2) is 6.69. The molecule has 0 aliphatic carbocycles. The van der Waals surface area contributed by atoms with Gasteiger partial charge in [0.15, 0.2) is 0 Å². The van der Waals surface area contributed by atoms with Crippen molar-refractivity contribution in [1.29, 1.82) is 0 Å². The van der Waals surface area contributed by atoms with Gasteiger partial charge < -0.3 is 9.80 Å². The molecule has 0 amide bonds. The summed E-state index contributed by atoms with van der Waals surface area (Å²) in [6, 6.07) is 1.48. The van der Waals surface area contributed by atoms with E-state index in [2.05, 4.69) is 34.7 Å². The average Bonchev–Trinajstić information content (AvgIpc) is 2.73. The molecular formula is C13H28N4. The molecule has 0 radical (unpaired) electrons. The van der Waals surface area contributed by atoms with Crippen LogP contribution < -0.4 is 10.9 Å². The minimum absolute atomic E-state index is 0.674. The molecule has 2 aliphatic rings. The topological polar surface area (TPSA) is 30.5 Å². The van der Waals surface area contributed by atoms with E-state index in [1.54, 1.807) is 0 Å². The Morgan fingerprint density at radius 2 is 1.82 bits per heavy atom. The molecule has 0 spiro atoms. The Bertz CT molecular complexity index is 213. The zero-order valence-electron chi connectivity index (χ0n) is 11.4. The van der Waals surface area contributed by atoms with Crippen molar-refractivity contribution in [2.75, 3.05) is 40.3 Å². The van der Waals surface area contributed by atoms with E-state index in [9.17, 15) is 0 Å². The van der Waals surface area contributed by atoms with E-state index in [4.69, 9.17) is 0 Å². The van der Waals surface area contributed by atoms with Gasteiger partial charge in [-0.2, -0.15) is 0 Å². The number of hydrogen-bond acceptors (Lipinski definition) is 4. The Kier molecular flexibility index (Phi) is 5.22. The summed E-state index contributed by atoms with van der Waals surface area (Å²) in [6.07, 6.45) is 6.58. The maximum atomic E-state index is 3.49. The third-order valence-corrected chi connectivity index (χ3v) is 4.30. The van der Waals surface area contributed by atoms with Crippen molar-refractivity contribution >= 4 is 0 Å². The quantitative estimate of drug-likeness (QED) is 0.546. The van der Waals surface area contributed by atoms with Gasteiger partial charge in [-0.1, -0.05) is 0 Å². The van der Waals surface area contributed by atoms with Crippen LogP contribution in [0.2, 0.25) is 0 Å². The Balaban J connectivity index is 1.51. The Morgan fingerprint density at radius 3 is 2.47 bits per heavy atom. The number of hydrogen-bond donors (Lipinski definition) is 2. The van der Waals surface area contributed by atoms with Gasteiger partial charge in [0.05, 0.1) is 0 Å². The van der Waals surface area contributed by atoms with Crippen LogP contribution in [0.5, 0.6) is 0 Å². The largest absolute Gasteiger partial charge is 0.306 e. The number of rotatable bonds is 5. The van der Waals surface area contributed by atoms with Crippen LogP contribution in [-0.2, 0) is 0 Å². The second-order valence-corrected chi connectivity index (χ2v) is 5.71. The van der Waals surface area contributed by atoms with E-state index in [0.717, 1.165) is 12.6 Å². The maximum Gasteiger partial charge on any atom is 0.0237 e. The summed E-state index contributed by atoms with van der Waals surface area (Å²) in [5, 5.41) is 0. The number of hydrazine groups is 1. The average molecular weight is 240 g/mol. The summed E-state index contributed by atoms with van der Waals surface area (Å²) in [7, 11) is 4.46. The molecule has 2 heterocycles. The second-order valence-electron chi connectivity index (χ2n) is 5.71. The van der Waals surface area contributed by atoms with Crippen molar-refractivity contribution in [2.45, 2.75) is 44.2 Å². The van der Waals surface area contributed by atoms with Crippen molar-refractivity contribution in [2.24, 2.45) is 0 Å². The van der Waals surface area contributed by atoms with Gasteiger partial charge in [-0.05, 0) is 65.8 Å². The monoisotopic (exact) mass is 240 g/mol. The molecule has 1 atom stereocenters. The highest BCUT2D eigenvalue weighted by Crippen LogP contribution is 2.16. The fraction of sp³-hybridized carbons (Fsp3) is 1.00. The van der Waals surface area contributed by atoms with Gasteiger partial charge in [0.25, 0.3) is 0 Å². The van der Waals surface area contributed by atoms with Crippen LogP contribution in [0.3, 0.4) is 0 Å². The lowest BCUT2D eigenvalue weighted by molar-refractivity contribution is 0.218. The fourth-order valence-electron chi connectivity index (χ4n) is 2.95. The Hall–Kier alpha value is -0.160. The van der Waals surface area contributed by atoms with Crippen molar-refractivity contribution in [3.05, 3.63) is 0 Å². The molecule has 2 aliphatic heterocycles. The van der Waals surface area contributed by atoms with Gasteiger partial charge in [-0.15, -0.1) is 0 Å². The van der Waals surface area contributed by atoms with Crippen molar-refractivity contribution in [1.82, 2.24) is 20.7 Å². The number of piperidine rings is 1. The minimum Gasteiger partial charge on any atom is -0.306 e. The maximum absolute atomic E-state index is 3.49. The third kappa shape index (κ3) is 4.21. The molecule has 0 bridgehead atoms. The standard InChI is InChI=1S/C13H28N4/c1-16-10-6-12(7-11-16)15-14-8-5-13-4-3-9-17(13)2/h12-15H,3-11H2,1-2H3. The van der Waals surface area contributed by atoms with Gasteiger partial charge in [0, 0.05) is 18.6 Å². The van der Waals surface area contributed by atoms with Crippen molar-refractivity contribution in [3.8, 4) is 0 Å². The first-order valence-corrected chi connectivity index (χ1v) is 7.13. The van der Waals surface area contributed by atoms with E-state index in [1.165, 1.54) is 51.7 Å². The van der Waals surface area contributed by atoms with Crippen LogP contribution in [0.1, 0.15) is 32.1 Å². The number of likely N-dealkylation sites (tertiary alicyclic amines) is 2. The summed E-state index contributed by atoms with van der Waals surface area (Å²) >= 11 is 0. The minimum atomic E-state index is 0.674. The first kappa shape index (κ1) is 13.3. The SMILES string of the molecule is CN1CCC(NNCCC2CCCN2C)CC1. The van der Waals surface area contributed by atoms with Gasteiger partial charge in [0.1, 0.15) is 0 Å². The lowest BCUT2D eigenvalue weighted by atomic mass is 10.1. The lowest BCUT2D eigenvalue weighted by Gasteiger charge is -2.30. The molecule has 17 heavy (non-hydrogen) atoms. The summed E-state index contributed by atoms with van der Waals surface area (Å²) in [4.78, 5) is 4.91. The summed E-state index contributed by atoms with van der Waals surface area (Å²) in [5.74, 6) is 0. The highest BCUT2D eigenvalue weighted by atomic mass is 15.4.